The van der Waals surface area contributed by atoms with Gasteiger partial charge in [0.15, 0.2) is 5.13 Å². The molecule has 2 aromatic carbocycles. The van der Waals surface area contributed by atoms with Gasteiger partial charge in [-0.2, -0.15) is 0 Å². The number of benzene rings is 2. The molecule has 0 saturated carbocycles. The molecular formula is C23H27N3O2S. The van der Waals surface area contributed by atoms with Crippen LogP contribution in [0.2, 0.25) is 0 Å². The van der Waals surface area contributed by atoms with Crippen molar-refractivity contribution in [2.75, 3.05) is 12.4 Å². The molecule has 1 heterocycles. The number of nitrogens with one attached hydrogen (secondary N) is 2. The Labute approximate surface area is 176 Å². The van der Waals surface area contributed by atoms with Crippen LogP contribution in [0.3, 0.4) is 0 Å². The van der Waals surface area contributed by atoms with Gasteiger partial charge in [-0.1, -0.05) is 42.5 Å². The Morgan fingerprint density at radius 1 is 1.17 bits per heavy atom. The lowest BCUT2D eigenvalue weighted by Gasteiger charge is -2.12. The van der Waals surface area contributed by atoms with Crippen LogP contribution in [0.15, 0.2) is 53.9 Å². The lowest BCUT2D eigenvalue weighted by atomic mass is 10.0. The second-order valence-corrected chi connectivity index (χ2v) is 7.90. The molecule has 0 bridgehead atoms. The summed E-state index contributed by atoms with van der Waals surface area (Å²) >= 11 is 1.60. The highest BCUT2D eigenvalue weighted by molar-refractivity contribution is 7.14. The van der Waals surface area contributed by atoms with Gasteiger partial charge in [-0.25, -0.2) is 4.98 Å². The van der Waals surface area contributed by atoms with Crippen molar-refractivity contribution in [3.63, 3.8) is 0 Å². The normalized spacial score (nSPS) is 11.7. The summed E-state index contributed by atoms with van der Waals surface area (Å²) in [7, 11) is 1.69. The van der Waals surface area contributed by atoms with Crippen LogP contribution in [-0.2, 0) is 17.8 Å². The summed E-state index contributed by atoms with van der Waals surface area (Å²) < 4.78 is 5.40. The van der Waals surface area contributed by atoms with Crippen LogP contribution in [0.5, 0.6) is 5.75 Å². The van der Waals surface area contributed by atoms with Crippen molar-refractivity contribution in [3.05, 3.63) is 65.0 Å². The lowest BCUT2D eigenvalue weighted by molar-refractivity contribution is -0.119. The zero-order valence-electron chi connectivity index (χ0n) is 17.1. The van der Waals surface area contributed by atoms with Gasteiger partial charge in [0.25, 0.3) is 0 Å². The summed E-state index contributed by atoms with van der Waals surface area (Å²) in [6.07, 6.45) is 1.86. The van der Waals surface area contributed by atoms with Crippen LogP contribution in [0.25, 0.3) is 11.3 Å². The van der Waals surface area contributed by atoms with Gasteiger partial charge in [0.2, 0.25) is 5.91 Å². The molecule has 6 heteroatoms. The summed E-state index contributed by atoms with van der Waals surface area (Å²) in [5.74, 6) is 0.895. The maximum absolute atomic E-state index is 11.1. The van der Waals surface area contributed by atoms with E-state index in [1.165, 1.54) is 5.56 Å². The first-order chi connectivity index (χ1) is 14.0. The molecule has 0 radical (unpaired) electrons. The number of anilines is 1. The highest BCUT2D eigenvalue weighted by Crippen LogP contribution is 2.26. The Morgan fingerprint density at radius 3 is 2.66 bits per heavy atom. The maximum Gasteiger partial charge on any atom is 0.217 e. The third-order valence-corrected chi connectivity index (χ3v) is 5.49. The van der Waals surface area contributed by atoms with Crippen molar-refractivity contribution < 1.29 is 9.53 Å². The van der Waals surface area contributed by atoms with Crippen LogP contribution in [0, 0.1) is 0 Å². The number of nitrogens with zero attached hydrogens (tertiary/aromatic N) is 1. The highest BCUT2D eigenvalue weighted by Gasteiger charge is 2.08. The Kier molecular flexibility index (Phi) is 7.25. The first kappa shape index (κ1) is 20.9. The fraction of sp³-hybridized carbons (Fsp3) is 0.304. The third kappa shape index (κ3) is 6.06. The minimum atomic E-state index is 0.0199. The summed E-state index contributed by atoms with van der Waals surface area (Å²) in [5, 5.41) is 9.26. The molecule has 29 heavy (non-hydrogen) atoms. The van der Waals surface area contributed by atoms with Crippen molar-refractivity contribution in [1.29, 1.82) is 0 Å². The molecule has 152 valence electrons. The van der Waals surface area contributed by atoms with Crippen molar-refractivity contribution in [1.82, 2.24) is 10.3 Å². The quantitative estimate of drug-likeness (QED) is 0.528. The minimum Gasteiger partial charge on any atom is -0.496 e. The topological polar surface area (TPSA) is 63.2 Å². The number of hydrogen-bond donors (Lipinski definition) is 2. The van der Waals surface area contributed by atoms with Gasteiger partial charge in [-0.05, 0) is 31.4 Å². The second-order valence-electron chi connectivity index (χ2n) is 7.04. The predicted octanol–water partition coefficient (Wildman–Crippen LogP) is 4.89. The SMILES string of the molecule is COc1ccccc1CNc1nc(-c2ccc(CC[C@H](C)NC(C)=O)cc2)cs1. The van der Waals surface area contributed by atoms with Gasteiger partial charge in [0, 0.05) is 36.0 Å². The summed E-state index contributed by atoms with van der Waals surface area (Å²) in [6.45, 7) is 4.26. The van der Waals surface area contributed by atoms with E-state index in [4.69, 9.17) is 9.72 Å². The van der Waals surface area contributed by atoms with E-state index in [-0.39, 0.29) is 11.9 Å². The van der Waals surface area contributed by atoms with Crippen LogP contribution < -0.4 is 15.4 Å². The zero-order valence-corrected chi connectivity index (χ0v) is 17.9. The number of aryl methyl sites for hydroxylation is 1. The Hall–Kier alpha value is -2.86. The van der Waals surface area contributed by atoms with E-state index in [1.54, 1.807) is 25.4 Å². The molecule has 1 atom stereocenters. The van der Waals surface area contributed by atoms with Gasteiger partial charge in [-0.15, -0.1) is 11.3 Å². The number of amides is 1. The number of hydrogen-bond acceptors (Lipinski definition) is 5. The van der Waals surface area contributed by atoms with Crippen LogP contribution in [0.1, 0.15) is 31.4 Å². The van der Waals surface area contributed by atoms with Gasteiger partial charge >= 0.3 is 0 Å². The molecule has 1 amide bonds. The smallest absolute Gasteiger partial charge is 0.217 e. The third-order valence-electron chi connectivity index (χ3n) is 4.69. The van der Waals surface area contributed by atoms with Crippen molar-refractivity contribution in [3.8, 4) is 17.0 Å². The molecule has 5 nitrogen and oxygen atoms in total. The summed E-state index contributed by atoms with van der Waals surface area (Å²) in [6, 6.07) is 16.7. The van der Waals surface area contributed by atoms with Gasteiger partial charge in [0.05, 0.1) is 12.8 Å². The molecule has 0 aliphatic rings. The van der Waals surface area contributed by atoms with Gasteiger partial charge in [0.1, 0.15) is 5.75 Å². The molecule has 3 aromatic rings. The van der Waals surface area contributed by atoms with E-state index >= 15 is 0 Å². The first-order valence-electron chi connectivity index (χ1n) is 9.73. The van der Waals surface area contributed by atoms with Gasteiger partial charge in [-0.3, -0.25) is 4.79 Å². The number of rotatable bonds is 9. The van der Waals surface area contributed by atoms with E-state index < -0.39 is 0 Å². The molecule has 3 rings (SSSR count). The van der Waals surface area contributed by atoms with E-state index in [2.05, 4.69) is 40.3 Å². The Bertz CT molecular complexity index is 937. The maximum atomic E-state index is 11.1. The number of aromatic nitrogens is 1. The molecule has 0 unspecified atom stereocenters. The molecule has 0 aliphatic carbocycles. The first-order valence-corrected chi connectivity index (χ1v) is 10.6. The van der Waals surface area contributed by atoms with Gasteiger partial charge < -0.3 is 15.4 Å². The molecule has 1 aromatic heterocycles. The van der Waals surface area contributed by atoms with Crippen molar-refractivity contribution >= 4 is 22.4 Å². The van der Waals surface area contributed by atoms with Crippen LogP contribution in [0.4, 0.5) is 5.13 Å². The fourth-order valence-electron chi connectivity index (χ4n) is 3.15. The van der Waals surface area contributed by atoms with E-state index in [0.29, 0.717) is 6.54 Å². The number of carbonyl (C=O) groups is 1. The fourth-order valence-corrected chi connectivity index (χ4v) is 3.87. The Morgan fingerprint density at radius 2 is 1.93 bits per heavy atom. The van der Waals surface area contributed by atoms with Crippen molar-refractivity contribution in [2.45, 2.75) is 39.3 Å². The average Bonchev–Trinajstić information content (AvgIpc) is 3.20. The monoisotopic (exact) mass is 409 g/mol. The summed E-state index contributed by atoms with van der Waals surface area (Å²) in [4.78, 5) is 15.8. The molecule has 0 saturated heterocycles. The lowest BCUT2D eigenvalue weighted by Crippen LogP contribution is -2.30. The molecule has 0 aliphatic heterocycles. The number of methoxy groups -OCH3 is 1. The van der Waals surface area contributed by atoms with E-state index in [9.17, 15) is 4.79 Å². The average molecular weight is 410 g/mol. The minimum absolute atomic E-state index is 0.0199. The molecule has 0 fully saturated rings. The highest BCUT2D eigenvalue weighted by atomic mass is 32.1. The van der Waals surface area contributed by atoms with Crippen molar-refractivity contribution in [2.24, 2.45) is 0 Å². The number of thiazole rings is 1. The number of carbonyl (C=O) groups excluding carboxylic acids is 1. The van der Waals surface area contributed by atoms with E-state index in [0.717, 1.165) is 40.5 Å². The predicted molar refractivity (Wildman–Crippen MR) is 119 cm³/mol. The number of ether oxygens (including phenoxy) is 1. The largest absolute Gasteiger partial charge is 0.496 e. The molecular weight excluding hydrogens is 382 g/mol. The summed E-state index contributed by atoms with van der Waals surface area (Å²) in [5.41, 5.74) is 4.43. The molecule has 0 spiro atoms. The molecule has 2 N–H and O–H groups in total. The van der Waals surface area contributed by atoms with Crippen LogP contribution >= 0.6 is 11.3 Å². The van der Waals surface area contributed by atoms with Crippen LogP contribution in [-0.4, -0.2) is 24.0 Å². The Balaban J connectivity index is 1.56. The number of para-hydroxylation sites is 1. The van der Waals surface area contributed by atoms with E-state index in [1.807, 2.05) is 31.2 Å². The standard InChI is InChI=1S/C23H27N3O2S/c1-16(25-17(2)27)8-9-18-10-12-19(13-11-18)21-15-29-23(26-21)24-14-20-6-4-5-7-22(20)28-3/h4-7,10-13,15-16H,8-9,14H2,1-3H3,(H,24,26)(H,25,27)/t16-/m0/s1. The zero-order chi connectivity index (χ0) is 20.6. The second kappa shape index (κ2) is 10.1.